The summed E-state index contributed by atoms with van der Waals surface area (Å²) in [6.45, 7) is 0. The lowest BCUT2D eigenvalue weighted by Gasteiger charge is -2.19. The lowest BCUT2D eigenvalue weighted by molar-refractivity contribution is 1.66. The Kier molecular flexibility index (Phi) is 4.03. The third-order valence-electron chi connectivity index (χ3n) is 7.81. The predicted molar refractivity (Wildman–Crippen MR) is 154 cm³/mol. The Bertz CT molecular complexity index is 1890. The molecule has 0 heteroatoms. The highest BCUT2D eigenvalue weighted by Gasteiger charge is 2.24. The Labute approximate surface area is 210 Å². The Balaban J connectivity index is 1.55. The molecule has 8 rings (SSSR count). The van der Waals surface area contributed by atoms with Gasteiger partial charge >= 0.3 is 0 Å². The molecule has 0 spiro atoms. The first-order chi connectivity index (χ1) is 17.9. The zero-order chi connectivity index (χ0) is 23.6. The van der Waals surface area contributed by atoms with Gasteiger partial charge in [0.25, 0.3) is 0 Å². The molecule has 1 aliphatic rings. The topological polar surface area (TPSA) is 0 Å². The zero-order valence-electron chi connectivity index (χ0n) is 19.7. The largest absolute Gasteiger partial charge is 0.0622 e. The van der Waals surface area contributed by atoms with Gasteiger partial charge in [0.15, 0.2) is 0 Å². The molecule has 0 heterocycles. The molecule has 166 valence electrons. The van der Waals surface area contributed by atoms with E-state index >= 15 is 0 Å². The molecule has 0 amide bonds. The van der Waals surface area contributed by atoms with Crippen LogP contribution < -0.4 is 0 Å². The molecule has 1 aliphatic carbocycles. The van der Waals surface area contributed by atoms with Crippen molar-refractivity contribution >= 4 is 32.3 Å². The third kappa shape index (κ3) is 2.59. The highest BCUT2D eigenvalue weighted by atomic mass is 14.3. The van der Waals surface area contributed by atoms with Gasteiger partial charge in [0.1, 0.15) is 0 Å². The monoisotopic (exact) mass is 454 g/mol. The molecule has 0 atom stereocenters. The average molecular weight is 455 g/mol. The number of rotatable bonds is 2. The second kappa shape index (κ2) is 7.41. The second-order valence-electron chi connectivity index (χ2n) is 9.64. The normalized spacial score (nSPS) is 11.9. The first-order valence-corrected chi connectivity index (χ1v) is 12.5. The fourth-order valence-electron chi connectivity index (χ4n) is 6.36. The van der Waals surface area contributed by atoms with Gasteiger partial charge < -0.3 is 0 Å². The van der Waals surface area contributed by atoms with Crippen LogP contribution in [0.2, 0.25) is 0 Å². The second-order valence-corrected chi connectivity index (χ2v) is 9.64. The SMILES string of the molecule is c1ccc(-c2c3ccccc3c(-c3ccc4c5c(cccc35)-c3ccccc3-4)c3ccccc23)cc1. The van der Waals surface area contributed by atoms with E-state index in [1.54, 1.807) is 0 Å². The molecule has 0 aromatic heterocycles. The summed E-state index contributed by atoms with van der Waals surface area (Å²) in [4.78, 5) is 0. The molecule has 0 unspecified atom stereocenters. The van der Waals surface area contributed by atoms with E-state index in [9.17, 15) is 0 Å². The summed E-state index contributed by atoms with van der Waals surface area (Å²) in [7, 11) is 0. The molecule has 0 saturated heterocycles. The Morgan fingerprint density at radius 1 is 0.250 bits per heavy atom. The van der Waals surface area contributed by atoms with E-state index in [0.717, 1.165) is 0 Å². The number of hydrogen-bond acceptors (Lipinski definition) is 0. The van der Waals surface area contributed by atoms with Gasteiger partial charge in [0, 0.05) is 0 Å². The van der Waals surface area contributed by atoms with Gasteiger partial charge in [-0.1, -0.05) is 133 Å². The summed E-state index contributed by atoms with van der Waals surface area (Å²) in [6, 6.07) is 48.9. The van der Waals surface area contributed by atoms with E-state index in [0.29, 0.717) is 0 Å². The van der Waals surface area contributed by atoms with Crippen LogP contribution >= 0.6 is 0 Å². The van der Waals surface area contributed by atoms with Crippen LogP contribution in [0.25, 0.3) is 76.8 Å². The van der Waals surface area contributed by atoms with Crippen LogP contribution in [0, 0.1) is 0 Å². The maximum atomic E-state index is 2.35. The Morgan fingerprint density at radius 3 is 1.33 bits per heavy atom. The van der Waals surface area contributed by atoms with Gasteiger partial charge in [0.05, 0.1) is 0 Å². The molecule has 36 heavy (non-hydrogen) atoms. The number of fused-ring (bicyclic) bond motifs is 5. The van der Waals surface area contributed by atoms with Crippen LogP contribution in [0.5, 0.6) is 0 Å². The van der Waals surface area contributed by atoms with Crippen LogP contribution in [0.3, 0.4) is 0 Å². The fraction of sp³-hybridized carbons (Fsp3) is 0. The minimum atomic E-state index is 1.26. The summed E-state index contributed by atoms with van der Waals surface area (Å²) in [5.74, 6) is 0. The van der Waals surface area contributed by atoms with Gasteiger partial charge in [-0.2, -0.15) is 0 Å². The van der Waals surface area contributed by atoms with Crippen LogP contribution in [0.1, 0.15) is 0 Å². The van der Waals surface area contributed by atoms with Gasteiger partial charge in [-0.25, -0.2) is 0 Å². The molecule has 0 aliphatic heterocycles. The van der Waals surface area contributed by atoms with Crippen LogP contribution in [-0.2, 0) is 0 Å². The average Bonchev–Trinajstić information content (AvgIpc) is 3.28. The molecular formula is C36H22. The summed E-state index contributed by atoms with van der Waals surface area (Å²) in [5, 5.41) is 7.88. The molecule has 0 saturated carbocycles. The van der Waals surface area contributed by atoms with Crippen molar-refractivity contribution in [3.63, 3.8) is 0 Å². The van der Waals surface area contributed by atoms with E-state index in [4.69, 9.17) is 0 Å². The van der Waals surface area contributed by atoms with Crippen molar-refractivity contribution in [3.05, 3.63) is 133 Å². The number of hydrogen-bond donors (Lipinski definition) is 0. The van der Waals surface area contributed by atoms with Crippen molar-refractivity contribution in [3.8, 4) is 44.5 Å². The molecule has 0 radical (unpaired) electrons. The van der Waals surface area contributed by atoms with Crippen LogP contribution in [0.4, 0.5) is 0 Å². The highest BCUT2D eigenvalue weighted by molar-refractivity contribution is 6.26. The molecule has 7 aromatic carbocycles. The highest BCUT2D eigenvalue weighted by Crippen LogP contribution is 2.51. The molecule has 0 N–H and O–H groups in total. The van der Waals surface area contributed by atoms with Gasteiger partial charge in [-0.3, -0.25) is 0 Å². The lowest BCUT2D eigenvalue weighted by Crippen LogP contribution is -1.91. The van der Waals surface area contributed by atoms with E-state index in [2.05, 4.69) is 133 Å². The quantitative estimate of drug-likeness (QED) is 0.228. The third-order valence-corrected chi connectivity index (χ3v) is 7.81. The van der Waals surface area contributed by atoms with E-state index < -0.39 is 0 Å². The first kappa shape index (κ1) is 19.6. The van der Waals surface area contributed by atoms with Gasteiger partial charge in [0.2, 0.25) is 0 Å². The summed E-state index contributed by atoms with van der Waals surface area (Å²) < 4.78 is 0. The fourth-order valence-corrected chi connectivity index (χ4v) is 6.36. The maximum Gasteiger partial charge on any atom is -0.00201 e. The minimum Gasteiger partial charge on any atom is -0.0622 e. The van der Waals surface area contributed by atoms with Crippen LogP contribution in [-0.4, -0.2) is 0 Å². The Morgan fingerprint density at radius 2 is 0.694 bits per heavy atom. The lowest BCUT2D eigenvalue weighted by atomic mass is 9.84. The zero-order valence-corrected chi connectivity index (χ0v) is 19.7. The molecular weight excluding hydrogens is 432 g/mol. The predicted octanol–water partition coefficient (Wildman–Crippen LogP) is 10.1. The minimum absolute atomic E-state index is 1.26. The van der Waals surface area contributed by atoms with Crippen molar-refractivity contribution < 1.29 is 0 Å². The first-order valence-electron chi connectivity index (χ1n) is 12.5. The standard InChI is InChI=1S/C36H22/c1-2-11-23(12-3-1)34-27-15-6-8-17-29(27)36(30-18-9-7-16-28(30)34)33-22-21-32-25-14-5-4-13-24(25)26-19-10-20-31(33)35(26)32/h1-22H. The van der Waals surface area contributed by atoms with Gasteiger partial charge in [-0.05, 0) is 76.8 Å². The van der Waals surface area contributed by atoms with Crippen molar-refractivity contribution in [2.45, 2.75) is 0 Å². The smallest absolute Gasteiger partial charge is 0.00201 e. The van der Waals surface area contributed by atoms with Crippen molar-refractivity contribution in [2.75, 3.05) is 0 Å². The molecule has 0 bridgehead atoms. The van der Waals surface area contributed by atoms with E-state index in [1.165, 1.54) is 76.8 Å². The number of benzene rings is 7. The van der Waals surface area contributed by atoms with Crippen molar-refractivity contribution in [1.29, 1.82) is 0 Å². The van der Waals surface area contributed by atoms with Crippen LogP contribution in [0.15, 0.2) is 133 Å². The van der Waals surface area contributed by atoms with E-state index in [1.807, 2.05) is 0 Å². The van der Waals surface area contributed by atoms with Crippen molar-refractivity contribution in [2.24, 2.45) is 0 Å². The van der Waals surface area contributed by atoms with Crippen molar-refractivity contribution in [1.82, 2.24) is 0 Å². The molecule has 7 aromatic rings. The Hall–Kier alpha value is -4.68. The molecule has 0 fully saturated rings. The molecule has 0 nitrogen and oxygen atoms in total. The maximum absolute atomic E-state index is 2.35. The van der Waals surface area contributed by atoms with Gasteiger partial charge in [-0.15, -0.1) is 0 Å². The van der Waals surface area contributed by atoms with E-state index in [-0.39, 0.29) is 0 Å². The summed E-state index contributed by atoms with van der Waals surface area (Å²) >= 11 is 0. The summed E-state index contributed by atoms with van der Waals surface area (Å²) in [6.07, 6.45) is 0. The summed E-state index contributed by atoms with van der Waals surface area (Å²) in [5.41, 5.74) is 10.5.